The average Bonchev–Trinajstić information content (AvgIpc) is 2.70. The van der Waals surface area contributed by atoms with Crippen molar-refractivity contribution < 1.29 is 27.8 Å². The number of hydrogen-bond acceptors (Lipinski definition) is 4. The van der Waals surface area contributed by atoms with E-state index in [0.717, 1.165) is 19.3 Å². The monoisotopic (exact) mass is 398 g/mol. The normalized spacial score (nSPS) is 14.8. The molecule has 1 heterocycles. The number of halogens is 2. The Morgan fingerprint density at radius 1 is 1.21 bits per heavy atom. The smallest absolute Gasteiger partial charge is 0.387 e. The van der Waals surface area contributed by atoms with E-state index in [-0.39, 0.29) is 34.8 Å². The number of ether oxygens (including phenoxy) is 2. The minimum atomic E-state index is -3.01. The van der Waals surface area contributed by atoms with Crippen LogP contribution in [-0.2, 0) is 4.79 Å². The summed E-state index contributed by atoms with van der Waals surface area (Å²) in [5.74, 6) is -0.372. The van der Waals surface area contributed by atoms with E-state index >= 15 is 0 Å². The second-order valence-corrected chi connectivity index (χ2v) is 6.81. The first-order valence-electron chi connectivity index (χ1n) is 9.66. The van der Waals surface area contributed by atoms with E-state index in [2.05, 4.69) is 17.0 Å². The maximum absolute atomic E-state index is 12.7. The molecule has 1 N–H and O–H groups in total. The second kappa shape index (κ2) is 10.8. The lowest BCUT2D eigenvalue weighted by molar-refractivity contribution is -0.126. The van der Waals surface area contributed by atoms with Crippen LogP contribution >= 0.6 is 0 Å². The van der Waals surface area contributed by atoms with Gasteiger partial charge < -0.3 is 19.7 Å². The third-order valence-electron chi connectivity index (χ3n) is 4.86. The highest BCUT2D eigenvalue weighted by atomic mass is 19.3. The van der Waals surface area contributed by atoms with Crippen LogP contribution in [0.3, 0.4) is 0 Å². The number of alkyl halides is 2. The summed E-state index contributed by atoms with van der Waals surface area (Å²) in [6.45, 7) is 0.682. The van der Waals surface area contributed by atoms with Gasteiger partial charge in [0.2, 0.25) is 5.91 Å². The van der Waals surface area contributed by atoms with E-state index in [1.54, 1.807) is 4.90 Å². The molecule has 6 nitrogen and oxygen atoms in total. The first kappa shape index (κ1) is 21.9. The number of piperidine rings is 1. The number of nitrogens with one attached hydrogen (secondary N) is 1. The van der Waals surface area contributed by atoms with Gasteiger partial charge in [-0.2, -0.15) is 8.78 Å². The van der Waals surface area contributed by atoms with Crippen molar-refractivity contribution >= 4 is 11.8 Å². The van der Waals surface area contributed by atoms with Gasteiger partial charge >= 0.3 is 6.61 Å². The Morgan fingerprint density at radius 2 is 1.93 bits per heavy atom. The molecule has 0 bridgehead atoms. The first-order valence-corrected chi connectivity index (χ1v) is 9.66. The molecule has 0 spiro atoms. The molecule has 0 aromatic heterocycles. The predicted molar refractivity (Wildman–Crippen MR) is 101 cm³/mol. The third-order valence-corrected chi connectivity index (χ3v) is 4.86. The van der Waals surface area contributed by atoms with E-state index in [4.69, 9.17) is 4.74 Å². The molecular formula is C20H28F2N2O4. The number of amides is 2. The molecule has 28 heavy (non-hydrogen) atoms. The molecule has 1 fully saturated rings. The van der Waals surface area contributed by atoms with Crippen LogP contribution in [0.1, 0.15) is 49.4 Å². The SMILES string of the molecule is CCCCCNC(=O)C1CCN(C(=O)c2ccc(OC)c(OC(F)F)c2)CC1. The predicted octanol–water partition coefficient (Wildman–Crippen LogP) is 3.46. The number of unbranched alkanes of at least 4 members (excludes halogenated alkanes) is 2. The zero-order chi connectivity index (χ0) is 20.5. The third kappa shape index (κ3) is 6.07. The van der Waals surface area contributed by atoms with E-state index in [9.17, 15) is 18.4 Å². The number of nitrogens with zero attached hydrogens (tertiary/aromatic N) is 1. The van der Waals surface area contributed by atoms with Crippen LogP contribution in [0.2, 0.25) is 0 Å². The van der Waals surface area contributed by atoms with Crippen molar-refractivity contribution in [3.05, 3.63) is 23.8 Å². The van der Waals surface area contributed by atoms with Crippen LogP contribution in [0.4, 0.5) is 8.78 Å². The maximum atomic E-state index is 12.7. The van der Waals surface area contributed by atoms with Gasteiger partial charge in [0.15, 0.2) is 11.5 Å². The molecule has 1 aromatic rings. The molecule has 0 atom stereocenters. The summed E-state index contributed by atoms with van der Waals surface area (Å²) in [6, 6.07) is 4.22. The van der Waals surface area contributed by atoms with Crippen molar-refractivity contribution in [1.82, 2.24) is 10.2 Å². The van der Waals surface area contributed by atoms with Gasteiger partial charge in [0.05, 0.1) is 7.11 Å². The van der Waals surface area contributed by atoms with E-state index in [1.807, 2.05) is 0 Å². The molecule has 1 aromatic carbocycles. The van der Waals surface area contributed by atoms with Crippen LogP contribution in [0.5, 0.6) is 11.5 Å². The molecule has 1 saturated heterocycles. The van der Waals surface area contributed by atoms with Crippen LogP contribution < -0.4 is 14.8 Å². The Labute approximate surface area is 164 Å². The Morgan fingerprint density at radius 3 is 2.54 bits per heavy atom. The van der Waals surface area contributed by atoms with Gasteiger partial charge in [0, 0.05) is 31.1 Å². The van der Waals surface area contributed by atoms with Crippen LogP contribution in [0.25, 0.3) is 0 Å². The van der Waals surface area contributed by atoms with Gasteiger partial charge in [0.25, 0.3) is 5.91 Å². The number of benzene rings is 1. The Kier molecular flexibility index (Phi) is 8.47. The Bertz CT molecular complexity index is 662. The number of carbonyl (C=O) groups is 2. The van der Waals surface area contributed by atoms with Gasteiger partial charge in [-0.1, -0.05) is 19.8 Å². The van der Waals surface area contributed by atoms with Crippen molar-refractivity contribution in [2.75, 3.05) is 26.7 Å². The standard InChI is InChI=1S/C20H28F2N2O4/c1-3-4-5-10-23-18(25)14-8-11-24(12-9-14)19(26)15-6-7-16(27-2)17(13-15)28-20(21)22/h6-7,13-14,20H,3-5,8-12H2,1-2H3,(H,23,25). The highest BCUT2D eigenvalue weighted by Gasteiger charge is 2.28. The number of rotatable bonds is 9. The summed E-state index contributed by atoms with van der Waals surface area (Å²) in [5.41, 5.74) is 0.249. The molecule has 156 valence electrons. The van der Waals surface area contributed by atoms with E-state index < -0.39 is 6.61 Å². The number of methoxy groups -OCH3 is 1. The van der Waals surface area contributed by atoms with Gasteiger partial charge in [-0.05, 0) is 37.5 Å². The van der Waals surface area contributed by atoms with E-state index in [0.29, 0.717) is 32.5 Å². The lowest BCUT2D eigenvalue weighted by Gasteiger charge is -2.31. The minimum absolute atomic E-state index is 0.0419. The fraction of sp³-hybridized carbons (Fsp3) is 0.600. The summed E-state index contributed by atoms with van der Waals surface area (Å²) in [7, 11) is 1.34. The molecule has 1 aliphatic heterocycles. The molecule has 8 heteroatoms. The van der Waals surface area contributed by atoms with Gasteiger partial charge in [-0.25, -0.2) is 0 Å². The topological polar surface area (TPSA) is 67.9 Å². The van der Waals surface area contributed by atoms with Crippen LogP contribution in [0.15, 0.2) is 18.2 Å². The van der Waals surface area contributed by atoms with Crippen LogP contribution in [-0.4, -0.2) is 50.1 Å². The molecular weight excluding hydrogens is 370 g/mol. The second-order valence-electron chi connectivity index (χ2n) is 6.81. The number of likely N-dealkylation sites (tertiary alicyclic amines) is 1. The zero-order valence-electron chi connectivity index (χ0n) is 16.4. The van der Waals surface area contributed by atoms with Crippen molar-refractivity contribution in [1.29, 1.82) is 0 Å². The van der Waals surface area contributed by atoms with Gasteiger partial charge in [0.1, 0.15) is 0 Å². The molecule has 0 saturated carbocycles. The maximum Gasteiger partial charge on any atom is 0.387 e. The lowest BCUT2D eigenvalue weighted by atomic mass is 9.95. The molecule has 2 rings (SSSR count). The summed E-state index contributed by atoms with van der Waals surface area (Å²) in [6.07, 6.45) is 4.34. The quantitative estimate of drug-likeness (QED) is 0.647. The summed E-state index contributed by atoms with van der Waals surface area (Å²) < 4.78 is 34.5. The lowest BCUT2D eigenvalue weighted by Crippen LogP contribution is -2.43. The molecule has 0 radical (unpaired) electrons. The summed E-state index contributed by atoms with van der Waals surface area (Å²) >= 11 is 0. The fourth-order valence-electron chi connectivity index (χ4n) is 3.26. The fourth-order valence-corrected chi connectivity index (χ4v) is 3.26. The van der Waals surface area contributed by atoms with Crippen molar-refractivity contribution in [2.45, 2.75) is 45.6 Å². The summed E-state index contributed by atoms with van der Waals surface area (Å²) in [5, 5.41) is 2.96. The Hall–Kier alpha value is -2.38. The minimum Gasteiger partial charge on any atom is -0.493 e. The largest absolute Gasteiger partial charge is 0.493 e. The highest BCUT2D eigenvalue weighted by molar-refractivity contribution is 5.95. The molecule has 0 unspecified atom stereocenters. The molecule has 1 aliphatic rings. The first-order chi connectivity index (χ1) is 13.5. The molecule has 0 aliphatic carbocycles. The number of hydrogen-bond donors (Lipinski definition) is 1. The van der Waals surface area contributed by atoms with Gasteiger partial charge in [-0.3, -0.25) is 9.59 Å². The van der Waals surface area contributed by atoms with E-state index in [1.165, 1.54) is 25.3 Å². The highest BCUT2D eigenvalue weighted by Crippen LogP contribution is 2.30. The van der Waals surface area contributed by atoms with Crippen molar-refractivity contribution in [3.8, 4) is 11.5 Å². The van der Waals surface area contributed by atoms with Crippen molar-refractivity contribution in [3.63, 3.8) is 0 Å². The zero-order valence-corrected chi connectivity index (χ0v) is 16.4. The molecule has 2 amide bonds. The Balaban J connectivity index is 1.91. The van der Waals surface area contributed by atoms with Crippen molar-refractivity contribution in [2.24, 2.45) is 5.92 Å². The summed E-state index contributed by atoms with van der Waals surface area (Å²) in [4.78, 5) is 26.5. The van der Waals surface area contributed by atoms with Gasteiger partial charge in [-0.15, -0.1) is 0 Å². The average molecular weight is 398 g/mol. The van der Waals surface area contributed by atoms with Crippen LogP contribution in [0, 0.1) is 5.92 Å². The number of carbonyl (C=O) groups excluding carboxylic acids is 2.